The number of rotatable bonds is 6. The van der Waals surface area contributed by atoms with Gasteiger partial charge in [-0.25, -0.2) is 0 Å². The van der Waals surface area contributed by atoms with Gasteiger partial charge in [0.05, 0.1) is 0 Å². The first kappa shape index (κ1) is 21.0. The third-order valence-electron chi connectivity index (χ3n) is 4.05. The molecule has 0 saturated carbocycles. The van der Waals surface area contributed by atoms with Crippen LogP contribution in [-0.4, -0.2) is 16.9 Å². The molecular weight excluding hydrogens is 398 g/mol. The van der Waals surface area contributed by atoms with Gasteiger partial charge in [-0.3, -0.25) is 14.9 Å². The Labute approximate surface area is 180 Å². The van der Waals surface area contributed by atoms with E-state index in [9.17, 15) is 9.59 Å². The molecule has 0 spiro atoms. The second kappa shape index (κ2) is 10.2. The number of carbonyl (C=O) groups excluding carboxylic acids is 2. The maximum atomic E-state index is 12.1. The Morgan fingerprint density at radius 1 is 0.967 bits per heavy atom. The molecule has 0 unspecified atom stereocenters. The molecule has 3 N–H and O–H groups in total. The number of benzene rings is 2. The van der Waals surface area contributed by atoms with Crippen LogP contribution < -0.4 is 16.0 Å². The van der Waals surface area contributed by atoms with Crippen LogP contribution in [0.1, 0.15) is 19.1 Å². The van der Waals surface area contributed by atoms with Gasteiger partial charge in [0.2, 0.25) is 11.8 Å². The minimum Gasteiger partial charge on any atom is -0.457 e. The zero-order chi connectivity index (χ0) is 21.3. The molecule has 0 radical (unpaired) electrons. The van der Waals surface area contributed by atoms with Crippen LogP contribution in [-0.2, 0) is 9.59 Å². The molecule has 0 saturated heterocycles. The fourth-order valence-electron chi connectivity index (χ4n) is 2.60. The molecule has 1 heterocycles. The van der Waals surface area contributed by atoms with Gasteiger partial charge >= 0.3 is 0 Å². The van der Waals surface area contributed by atoms with Gasteiger partial charge in [-0.2, -0.15) is 0 Å². The molecule has 0 fully saturated rings. The smallest absolute Gasteiger partial charge is 0.250 e. The van der Waals surface area contributed by atoms with Gasteiger partial charge < -0.3 is 15.1 Å². The summed E-state index contributed by atoms with van der Waals surface area (Å²) in [7, 11) is 0. The van der Waals surface area contributed by atoms with Crippen LogP contribution in [0.5, 0.6) is 0 Å². The Morgan fingerprint density at radius 2 is 1.70 bits per heavy atom. The zero-order valence-corrected chi connectivity index (χ0v) is 17.2. The van der Waals surface area contributed by atoms with Crippen molar-refractivity contribution in [1.82, 2.24) is 5.32 Å². The highest BCUT2D eigenvalue weighted by molar-refractivity contribution is 7.80. The number of nitrogens with one attached hydrogen (secondary N) is 3. The van der Waals surface area contributed by atoms with Crippen LogP contribution in [0.4, 0.5) is 11.4 Å². The molecule has 3 rings (SSSR count). The monoisotopic (exact) mass is 419 g/mol. The summed E-state index contributed by atoms with van der Waals surface area (Å²) in [5.41, 5.74) is 2.26. The highest BCUT2D eigenvalue weighted by Crippen LogP contribution is 2.22. The lowest BCUT2D eigenvalue weighted by Crippen LogP contribution is -2.32. The standard InChI is InChI=1S/C23H21N3O3S/c1-2-21(27)24-17-9-6-10-18(15-17)25-23(30)26-22(28)14-12-19-11-13-20(29-19)16-7-4-3-5-8-16/h3-15H,2H2,1H3,(H,24,27)(H2,25,26,28,30)/b14-12+. The van der Waals surface area contributed by atoms with Crippen molar-refractivity contribution >= 4 is 46.6 Å². The summed E-state index contributed by atoms with van der Waals surface area (Å²) in [6.45, 7) is 1.78. The second-order valence-electron chi connectivity index (χ2n) is 6.33. The van der Waals surface area contributed by atoms with Gasteiger partial charge in [0.15, 0.2) is 5.11 Å². The highest BCUT2D eigenvalue weighted by Gasteiger charge is 2.05. The van der Waals surface area contributed by atoms with Crippen molar-refractivity contribution in [3.05, 3.63) is 78.6 Å². The quantitative estimate of drug-likeness (QED) is 0.394. The van der Waals surface area contributed by atoms with Crippen molar-refractivity contribution in [3.8, 4) is 11.3 Å². The topological polar surface area (TPSA) is 83.4 Å². The number of anilines is 2. The van der Waals surface area contributed by atoms with Gasteiger partial charge in [-0.15, -0.1) is 0 Å². The predicted molar refractivity (Wildman–Crippen MR) is 123 cm³/mol. The van der Waals surface area contributed by atoms with Crippen LogP contribution >= 0.6 is 12.2 Å². The number of amides is 2. The third-order valence-corrected chi connectivity index (χ3v) is 4.25. The third kappa shape index (κ3) is 6.15. The number of hydrogen-bond donors (Lipinski definition) is 3. The molecule has 0 bridgehead atoms. The predicted octanol–water partition coefficient (Wildman–Crippen LogP) is 4.82. The first-order valence-corrected chi connectivity index (χ1v) is 9.79. The summed E-state index contributed by atoms with van der Waals surface area (Å²) in [5.74, 6) is 0.812. The van der Waals surface area contributed by atoms with Crippen LogP contribution in [0, 0.1) is 0 Å². The van der Waals surface area contributed by atoms with Crippen molar-refractivity contribution in [2.24, 2.45) is 0 Å². The van der Waals surface area contributed by atoms with Gasteiger partial charge in [-0.05, 0) is 48.6 Å². The van der Waals surface area contributed by atoms with Crippen LogP contribution in [0.15, 0.2) is 77.2 Å². The Bertz CT molecular complexity index is 1070. The molecule has 1 aromatic heterocycles. The first-order chi connectivity index (χ1) is 14.5. The number of hydrogen-bond acceptors (Lipinski definition) is 4. The number of carbonyl (C=O) groups is 2. The number of furan rings is 1. The summed E-state index contributed by atoms with van der Waals surface area (Å²) in [4.78, 5) is 23.6. The SMILES string of the molecule is CCC(=O)Nc1cccc(NC(=S)NC(=O)/C=C/c2ccc(-c3ccccc3)o2)c1. The van der Waals surface area contributed by atoms with E-state index < -0.39 is 0 Å². The van der Waals surface area contributed by atoms with Crippen molar-refractivity contribution in [2.75, 3.05) is 10.6 Å². The molecule has 0 aliphatic heterocycles. The van der Waals surface area contributed by atoms with E-state index in [2.05, 4.69) is 16.0 Å². The van der Waals surface area contributed by atoms with Gasteiger partial charge in [0.25, 0.3) is 0 Å². The van der Waals surface area contributed by atoms with E-state index in [1.54, 1.807) is 43.3 Å². The zero-order valence-electron chi connectivity index (χ0n) is 16.3. The van der Waals surface area contributed by atoms with Crippen LogP contribution in [0.2, 0.25) is 0 Å². The van der Waals surface area contributed by atoms with Crippen molar-refractivity contribution in [3.63, 3.8) is 0 Å². The largest absolute Gasteiger partial charge is 0.457 e. The summed E-state index contributed by atoms with van der Waals surface area (Å²) in [5, 5.41) is 8.41. The highest BCUT2D eigenvalue weighted by atomic mass is 32.1. The normalized spacial score (nSPS) is 10.6. The minimum absolute atomic E-state index is 0.0819. The molecule has 6 nitrogen and oxygen atoms in total. The molecule has 152 valence electrons. The molecule has 0 aliphatic rings. The number of thiocarbonyl (C=S) groups is 1. The molecule has 30 heavy (non-hydrogen) atoms. The van der Waals surface area contributed by atoms with E-state index in [1.807, 2.05) is 36.4 Å². The average Bonchev–Trinajstić information content (AvgIpc) is 3.22. The Morgan fingerprint density at radius 3 is 2.43 bits per heavy atom. The van der Waals surface area contributed by atoms with Crippen molar-refractivity contribution in [1.29, 1.82) is 0 Å². The maximum absolute atomic E-state index is 12.1. The maximum Gasteiger partial charge on any atom is 0.250 e. The summed E-state index contributed by atoms with van der Waals surface area (Å²) in [6.07, 6.45) is 3.31. The van der Waals surface area contributed by atoms with E-state index in [0.29, 0.717) is 23.6 Å². The molecule has 2 aromatic carbocycles. The van der Waals surface area contributed by atoms with E-state index >= 15 is 0 Å². The molecule has 7 heteroatoms. The second-order valence-corrected chi connectivity index (χ2v) is 6.74. The lowest BCUT2D eigenvalue weighted by molar-refractivity contribution is -0.116. The lowest BCUT2D eigenvalue weighted by atomic mass is 10.2. The van der Waals surface area contributed by atoms with Crippen LogP contribution in [0.25, 0.3) is 17.4 Å². The van der Waals surface area contributed by atoms with Crippen LogP contribution in [0.3, 0.4) is 0 Å². The van der Waals surface area contributed by atoms with E-state index in [-0.39, 0.29) is 16.9 Å². The van der Waals surface area contributed by atoms with Gasteiger partial charge in [0.1, 0.15) is 11.5 Å². The molecule has 0 atom stereocenters. The fraction of sp³-hybridized carbons (Fsp3) is 0.0870. The summed E-state index contributed by atoms with van der Waals surface area (Å²) < 4.78 is 5.73. The summed E-state index contributed by atoms with van der Waals surface area (Å²) >= 11 is 5.18. The molecular formula is C23H21N3O3S. The van der Waals surface area contributed by atoms with Gasteiger partial charge in [0, 0.05) is 29.4 Å². The Kier molecular flexibility index (Phi) is 7.13. The fourth-order valence-corrected chi connectivity index (χ4v) is 2.82. The van der Waals surface area contributed by atoms with E-state index in [0.717, 1.165) is 11.3 Å². The molecule has 2 amide bonds. The summed E-state index contributed by atoms with van der Waals surface area (Å²) in [6, 6.07) is 20.4. The average molecular weight is 420 g/mol. The molecule has 0 aliphatic carbocycles. The Hall–Kier alpha value is -3.71. The van der Waals surface area contributed by atoms with Crippen molar-refractivity contribution in [2.45, 2.75) is 13.3 Å². The van der Waals surface area contributed by atoms with E-state index in [4.69, 9.17) is 16.6 Å². The molecule has 3 aromatic rings. The Balaban J connectivity index is 1.54. The van der Waals surface area contributed by atoms with E-state index in [1.165, 1.54) is 6.08 Å². The minimum atomic E-state index is -0.388. The first-order valence-electron chi connectivity index (χ1n) is 9.38. The van der Waals surface area contributed by atoms with Crippen molar-refractivity contribution < 1.29 is 14.0 Å². The lowest BCUT2D eigenvalue weighted by Gasteiger charge is -2.10. The van der Waals surface area contributed by atoms with Gasteiger partial charge in [-0.1, -0.05) is 43.3 Å².